The van der Waals surface area contributed by atoms with Gasteiger partial charge >= 0.3 is 0 Å². The van der Waals surface area contributed by atoms with Crippen LogP contribution in [-0.4, -0.2) is 22.4 Å². The van der Waals surface area contributed by atoms with Crippen molar-refractivity contribution in [2.75, 3.05) is 0 Å². The van der Waals surface area contributed by atoms with Crippen LogP contribution in [0.5, 0.6) is 0 Å². The number of rotatable bonds is 1. The molecule has 0 aromatic rings. The standard InChI is InChI=1S/C25H42O2/c1-5-18-9-10-20-16(2)22(17-7-8-17)23(27)21-15-19(26)11-14-24(21,3)12-6-13-25(18,20)4/h5,16-17,19-23,26-27H,6-15H2,1-4H3/b18-5-/t16?,19-,20?,21?,22?,23-,24+,25-/m1/s1. The monoisotopic (exact) mass is 374 g/mol. The van der Waals surface area contributed by atoms with Gasteiger partial charge in [-0.05, 0) is 105 Å². The predicted molar refractivity (Wildman–Crippen MR) is 111 cm³/mol. The first-order chi connectivity index (χ1) is 12.8. The van der Waals surface area contributed by atoms with Crippen LogP contribution in [0, 0.1) is 40.4 Å². The van der Waals surface area contributed by atoms with Gasteiger partial charge in [-0.25, -0.2) is 0 Å². The van der Waals surface area contributed by atoms with Gasteiger partial charge in [0.25, 0.3) is 0 Å². The lowest BCUT2D eigenvalue weighted by molar-refractivity contribution is -0.101. The summed E-state index contributed by atoms with van der Waals surface area (Å²) in [7, 11) is 0. The fraction of sp³-hybridized carbons (Fsp3) is 0.920. The maximum atomic E-state index is 11.8. The number of aliphatic hydroxyl groups is 2. The van der Waals surface area contributed by atoms with E-state index >= 15 is 0 Å². The zero-order chi connectivity index (χ0) is 19.4. The molecule has 0 amide bonds. The van der Waals surface area contributed by atoms with Gasteiger partial charge in [0.15, 0.2) is 0 Å². The summed E-state index contributed by atoms with van der Waals surface area (Å²) in [5, 5.41) is 22.2. The molecule has 154 valence electrons. The van der Waals surface area contributed by atoms with Crippen molar-refractivity contribution < 1.29 is 10.2 Å². The van der Waals surface area contributed by atoms with Crippen molar-refractivity contribution in [3.8, 4) is 0 Å². The van der Waals surface area contributed by atoms with E-state index in [2.05, 4.69) is 33.8 Å². The Labute approximate surface area is 166 Å². The van der Waals surface area contributed by atoms with Crippen LogP contribution in [-0.2, 0) is 0 Å². The van der Waals surface area contributed by atoms with Crippen molar-refractivity contribution in [3.05, 3.63) is 11.6 Å². The molecule has 8 atom stereocenters. The normalized spacial score (nSPS) is 53.0. The van der Waals surface area contributed by atoms with Gasteiger partial charge in [0.1, 0.15) is 0 Å². The molecule has 2 nitrogen and oxygen atoms in total. The van der Waals surface area contributed by atoms with E-state index in [1.54, 1.807) is 5.57 Å². The molecule has 0 aliphatic heterocycles. The van der Waals surface area contributed by atoms with E-state index in [0.29, 0.717) is 23.2 Å². The Morgan fingerprint density at radius 2 is 1.70 bits per heavy atom. The van der Waals surface area contributed by atoms with Gasteiger partial charge < -0.3 is 10.2 Å². The molecule has 4 aliphatic carbocycles. The van der Waals surface area contributed by atoms with Crippen molar-refractivity contribution in [1.29, 1.82) is 0 Å². The number of fused-ring (bicyclic) bond motifs is 2. The van der Waals surface area contributed by atoms with Crippen LogP contribution in [0.1, 0.15) is 91.9 Å². The minimum absolute atomic E-state index is 0.198. The zero-order valence-corrected chi connectivity index (χ0v) is 18.1. The second-order valence-electron chi connectivity index (χ2n) is 11.2. The summed E-state index contributed by atoms with van der Waals surface area (Å²) in [6.45, 7) is 9.67. The molecule has 0 aromatic carbocycles. The van der Waals surface area contributed by atoms with E-state index in [1.165, 1.54) is 44.9 Å². The highest BCUT2D eigenvalue weighted by atomic mass is 16.3. The third kappa shape index (κ3) is 3.33. The van der Waals surface area contributed by atoms with Gasteiger partial charge in [0.2, 0.25) is 0 Å². The first kappa shape index (κ1) is 20.0. The van der Waals surface area contributed by atoms with Crippen LogP contribution in [0.4, 0.5) is 0 Å². The summed E-state index contributed by atoms with van der Waals surface area (Å²) in [5.41, 5.74) is 2.21. The quantitative estimate of drug-likeness (QED) is 0.576. The highest BCUT2D eigenvalue weighted by Gasteiger charge is 2.54. The second kappa shape index (κ2) is 7.17. The fourth-order valence-corrected chi connectivity index (χ4v) is 7.95. The third-order valence-electron chi connectivity index (χ3n) is 9.75. The van der Waals surface area contributed by atoms with Gasteiger partial charge in [-0.3, -0.25) is 0 Å². The highest BCUT2D eigenvalue weighted by molar-refractivity contribution is 5.21. The Kier molecular flexibility index (Phi) is 5.30. The molecule has 0 saturated heterocycles. The van der Waals surface area contributed by atoms with Crippen LogP contribution >= 0.6 is 0 Å². The lowest BCUT2D eigenvalue weighted by atomic mass is 9.55. The van der Waals surface area contributed by atoms with Crippen molar-refractivity contribution >= 4 is 0 Å². The Morgan fingerprint density at radius 3 is 2.37 bits per heavy atom. The summed E-state index contributed by atoms with van der Waals surface area (Å²) in [5.74, 6) is 2.72. The van der Waals surface area contributed by atoms with Crippen LogP contribution < -0.4 is 0 Å². The minimum Gasteiger partial charge on any atom is -0.393 e. The topological polar surface area (TPSA) is 40.5 Å². The van der Waals surface area contributed by atoms with Gasteiger partial charge in [-0.2, -0.15) is 0 Å². The SMILES string of the molecule is C/C=C1/CCC2C(C)C(C3CC3)[C@H](O)C3C[C@H](O)CC[C@]3(C)CCC[C@]12C. The van der Waals surface area contributed by atoms with E-state index in [9.17, 15) is 10.2 Å². The maximum Gasteiger partial charge on any atom is 0.0608 e. The van der Waals surface area contributed by atoms with Gasteiger partial charge in [0, 0.05) is 0 Å². The van der Waals surface area contributed by atoms with Crippen molar-refractivity contribution in [1.82, 2.24) is 0 Å². The van der Waals surface area contributed by atoms with Crippen molar-refractivity contribution in [3.63, 3.8) is 0 Å². The van der Waals surface area contributed by atoms with Gasteiger partial charge in [-0.1, -0.05) is 38.8 Å². The number of hydrogen-bond donors (Lipinski definition) is 2. The summed E-state index contributed by atoms with van der Waals surface area (Å²) in [4.78, 5) is 0. The molecule has 0 aromatic heterocycles. The van der Waals surface area contributed by atoms with E-state index in [-0.39, 0.29) is 23.5 Å². The second-order valence-corrected chi connectivity index (χ2v) is 11.2. The predicted octanol–water partition coefficient (Wildman–Crippen LogP) is 5.72. The Morgan fingerprint density at radius 1 is 0.963 bits per heavy atom. The van der Waals surface area contributed by atoms with E-state index in [4.69, 9.17) is 0 Å². The molecule has 4 rings (SSSR count). The van der Waals surface area contributed by atoms with Crippen molar-refractivity contribution in [2.24, 2.45) is 40.4 Å². The zero-order valence-electron chi connectivity index (χ0n) is 18.1. The maximum absolute atomic E-state index is 11.8. The molecule has 4 unspecified atom stereocenters. The molecular weight excluding hydrogens is 332 g/mol. The molecule has 2 N–H and O–H groups in total. The number of hydrogen-bond acceptors (Lipinski definition) is 2. The fourth-order valence-electron chi connectivity index (χ4n) is 7.95. The third-order valence-corrected chi connectivity index (χ3v) is 9.75. The molecular formula is C25H42O2. The minimum atomic E-state index is -0.232. The van der Waals surface area contributed by atoms with E-state index in [0.717, 1.165) is 25.2 Å². The van der Waals surface area contributed by atoms with Gasteiger partial charge in [0.05, 0.1) is 12.2 Å². The molecule has 0 heterocycles. The smallest absolute Gasteiger partial charge is 0.0608 e. The molecule has 2 heteroatoms. The molecule has 0 spiro atoms. The van der Waals surface area contributed by atoms with Crippen LogP contribution in [0.2, 0.25) is 0 Å². The Hall–Kier alpha value is -0.340. The first-order valence-corrected chi connectivity index (χ1v) is 11.8. The van der Waals surface area contributed by atoms with Crippen LogP contribution in [0.3, 0.4) is 0 Å². The Bertz CT molecular complexity index is 579. The lowest BCUT2D eigenvalue weighted by Gasteiger charge is -2.51. The first-order valence-electron chi connectivity index (χ1n) is 11.8. The molecule has 4 saturated carbocycles. The van der Waals surface area contributed by atoms with Crippen LogP contribution in [0.25, 0.3) is 0 Å². The molecule has 0 radical (unpaired) electrons. The summed E-state index contributed by atoms with van der Waals surface area (Å²) in [6.07, 6.45) is 13.7. The highest BCUT2D eigenvalue weighted by Crippen LogP contribution is 2.61. The lowest BCUT2D eigenvalue weighted by Crippen LogP contribution is -2.49. The van der Waals surface area contributed by atoms with Crippen LogP contribution in [0.15, 0.2) is 11.6 Å². The Balaban J connectivity index is 1.72. The van der Waals surface area contributed by atoms with Crippen molar-refractivity contribution in [2.45, 2.75) is 104 Å². The molecule has 27 heavy (non-hydrogen) atoms. The average Bonchev–Trinajstić information content (AvgIpc) is 3.39. The molecule has 0 bridgehead atoms. The van der Waals surface area contributed by atoms with E-state index < -0.39 is 0 Å². The van der Waals surface area contributed by atoms with Gasteiger partial charge in [-0.15, -0.1) is 0 Å². The number of allylic oxidation sites excluding steroid dienone is 2. The summed E-state index contributed by atoms with van der Waals surface area (Å²) >= 11 is 0. The van der Waals surface area contributed by atoms with E-state index in [1.807, 2.05) is 0 Å². The average molecular weight is 375 g/mol. The number of aliphatic hydroxyl groups excluding tert-OH is 2. The summed E-state index contributed by atoms with van der Waals surface area (Å²) in [6, 6.07) is 0. The largest absolute Gasteiger partial charge is 0.393 e. The molecule has 4 aliphatic rings. The molecule has 4 fully saturated rings. The summed E-state index contributed by atoms with van der Waals surface area (Å²) < 4.78 is 0.